The molecule has 24 atom stereocenters. The molecule has 0 radical (unpaired) electrons. The van der Waals surface area contributed by atoms with Gasteiger partial charge in [0.25, 0.3) is 0 Å². The van der Waals surface area contributed by atoms with Gasteiger partial charge in [-0.2, -0.15) is 0 Å². The van der Waals surface area contributed by atoms with Gasteiger partial charge >= 0.3 is 70.4 Å². The van der Waals surface area contributed by atoms with Crippen molar-refractivity contribution in [3.63, 3.8) is 0 Å². The number of hydrogen-bond donors (Lipinski definition) is 0. The summed E-state index contributed by atoms with van der Waals surface area (Å²) in [6.45, 7) is 0. The maximum Gasteiger partial charge on any atom is 0.478 e. The lowest BCUT2D eigenvalue weighted by Gasteiger charge is -2.63. The lowest BCUT2D eigenvalue weighted by molar-refractivity contribution is -0.0333. The molecule has 512 valence electrons. The van der Waals surface area contributed by atoms with Crippen LogP contribution >= 0.6 is 0 Å². The standard InChI is InChI=1S/C64H104O20Si8/c1-9-49-57(65-49)33-41(1)17-25-85-73-86(26-18-42-2-10-50-58(34-42)66-50)76-89(29-21-45-5-13-53-61(37-45)69-53)78-87(74-85,27-19-43-3-11-51-59(35-43)67-51)80-91(31-23-47-7-15-55-63(39-47)71-55)81-88(75-85,28-20-44-4-12-52-60(36-44)68-52)79-90(77-86,30-22-46-6-14-54-62(38-46)70-54)83-92(82-89,84-91)32-24-48-8-16-56-64(40-48)72-56/h41-64H,1-40H2. The van der Waals surface area contributed by atoms with Gasteiger partial charge in [0.15, 0.2) is 0 Å². The third-order valence-electron chi connectivity index (χ3n) is 27.5. The number of fused-ring (bicyclic) bond motifs is 8. The first-order valence-corrected chi connectivity index (χ1v) is 54.0. The molecule has 0 spiro atoms. The van der Waals surface area contributed by atoms with Gasteiger partial charge in [0.2, 0.25) is 0 Å². The highest BCUT2D eigenvalue weighted by atomic mass is 28.6. The molecule has 22 aliphatic rings. The molecule has 0 aromatic carbocycles. The Morgan fingerprint density at radius 1 is 0.152 bits per heavy atom. The van der Waals surface area contributed by atoms with E-state index < -0.39 is 70.4 Å². The van der Waals surface area contributed by atoms with Crippen LogP contribution in [-0.4, -0.2) is 168 Å². The van der Waals surface area contributed by atoms with Gasteiger partial charge in [0.1, 0.15) is 0 Å². The van der Waals surface area contributed by atoms with E-state index in [0.717, 1.165) is 205 Å². The molecule has 14 heterocycles. The Bertz CT molecular complexity index is 2180. The first kappa shape index (κ1) is 61.6. The average Bonchev–Trinajstić information content (AvgIpc) is 1.64. The molecule has 0 aromatic heterocycles. The van der Waals surface area contributed by atoms with Crippen molar-refractivity contribution in [2.24, 2.45) is 47.3 Å². The fourth-order valence-corrected chi connectivity index (χ4v) is 73.2. The van der Waals surface area contributed by atoms with Crippen LogP contribution < -0.4 is 0 Å². The lowest BCUT2D eigenvalue weighted by Crippen LogP contribution is -2.88. The number of ether oxygens (including phenoxy) is 8. The summed E-state index contributed by atoms with van der Waals surface area (Å²) >= 11 is 0. The van der Waals surface area contributed by atoms with Gasteiger partial charge < -0.3 is 87.3 Å². The van der Waals surface area contributed by atoms with Gasteiger partial charge in [0, 0.05) is 48.4 Å². The molecule has 92 heavy (non-hydrogen) atoms. The molecule has 8 aliphatic carbocycles. The van der Waals surface area contributed by atoms with Crippen LogP contribution in [0.15, 0.2) is 0 Å². The summed E-state index contributed by atoms with van der Waals surface area (Å²) in [6, 6.07) is 4.51. The second-order valence-electron chi connectivity index (χ2n) is 34.1. The van der Waals surface area contributed by atoms with Gasteiger partial charge in [-0.25, -0.2) is 0 Å². The smallest absolute Gasteiger partial charge is 0.373 e. The van der Waals surface area contributed by atoms with Crippen LogP contribution in [0.5, 0.6) is 0 Å². The second-order valence-corrected chi connectivity index (χ2v) is 58.9. The van der Waals surface area contributed by atoms with Gasteiger partial charge in [-0.05, 0) is 253 Å². The molecule has 22 fully saturated rings. The minimum absolute atomic E-state index is 0.323. The first-order chi connectivity index (χ1) is 44.8. The Hall–Kier alpha value is 0.935. The van der Waals surface area contributed by atoms with E-state index >= 15 is 0 Å². The molecular formula is C64H104O20Si8. The zero-order valence-corrected chi connectivity index (χ0v) is 62.3. The van der Waals surface area contributed by atoms with Crippen LogP contribution in [-0.2, 0) is 87.3 Å². The summed E-state index contributed by atoms with van der Waals surface area (Å²) in [5, 5.41) is 0. The van der Waals surface area contributed by atoms with Gasteiger partial charge in [0.05, 0.1) is 97.7 Å². The van der Waals surface area contributed by atoms with Crippen LogP contribution in [0.1, 0.15) is 205 Å². The molecule has 14 saturated heterocycles. The van der Waals surface area contributed by atoms with Crippen molar-refractivity contribution in [2.75, 3.05) is 0 Å². The van der Waals surface area contributed by atoms with Crippen molar-refractivity contribution < 1.29 is 87.3 Å². The Balaban J connectivity index is 0.746. The monoisotopic (exact) mass is 1420 g/mol. The third-order valence-corrected chi connectivity index (χ3v) is 64.6. The summed E-state index contributed by atoms with van der Waals surface area (Å²) in [6.07, 6.45) is 38.4. The molecule has 20 nitrogen and oxygen atoms in total. The summed E-state index contributed by atoms with van der Waals surface area (Å²) in [5.41, 5.74) is 0. The zero-order chi connectivity index (χ0) is 60.3. The molecule has 0 aromatic rings. The van der Waals surface area contributed by atoms with E-state index in [1.807, 2.05) is 0 Å². The molecular weight excluding hydrogens is 1310 g/mol. The quantitative estimate of drug-likeness (QED) is 0.0649. The Labute approximate surface area is 553 Å². The molecule has 22 rings (SSSR count). The van der Waals surface area contributed by atoms with Crippen molar-refractivity contribution in [3.8, 4) is 0 Å². The van der Waals surface area contributed by atoms with Crippen LogP contribution in [0.3, 0.4) is 0 Å². The summed E-state index contributed by atoms with van der Waals surface area (Å²) in [4.78, 5) is 0. The maximum absolute atomic E-state index is 8.73. The van der Waals surface area contributed by atoms with E-state index in [0.29, 0.717) is 193 Å². The second kappa shape index (κ2) is 23.2. The van der Waals surface area contributed by atoms with Crippen LogP contribution in [0.2, 0.25) is 48.4 Å². The fraction of sp³-hybridized carbons (Fsp3) is 1.00. The summed E-state index contributed by atoms with van der Waals surface area (Å²) < 4.78 is 155. The highest BCUT2D eigenvalue weighted by molar-refractivity contribution is 7.03. The largest absolute Gasteiger partial charge is 0.478 e. The van der Waals surface area contributed by atoms with E-state index in [1.54, 1.807) is 0 Å². The number of hydrogen-bond acceptors (Lipinski definition) is 20. The highest BCUT2D eigenvalue weighted by Crippen LogP contribution is 2.60. The Kier molecular flexibility index (Phi) is 15.5. The number of rotatable bonds is 24. The topological polar surface area (TPSA) is 211 Å². The molecule has 24 unspecified atom stereocenters. The Morgan fingerprint density at radius 2 is 0.272 bits per heavy atom. The zero-order valence-electron chi connectivity index (χ0n) is 54.3. The molecule has 8 saturated carbocycles. The molecule has 14 aliphatic heterocycles. The van der Waals surface area contributed by atoms with Crippen LogP contribution in [0, 0.1) is 47.3 Å². The van der Waals surface area contributed by atoms with Crippen LogP contribution in [0.25, 0.3) is 0 Å². The highest BCUT2D eigenvalue weighted by Gasteiger charge is 2.83. The Morgan fingerprint density at radius 3 is 0.380 bits per heavy atom. The lowest BCUT2D eigenvalue weighted by atomic mass is 9.88. The predicted octanol–water partition coefficient (Wildman–Crippen LogP) is 11.4. The van der Waals surface area contributed by atoms with E-state index in [1.165, 1.54) is 0 Å². The minimum Gasteiger partial charge on any atom is -0.373 e. The van der Waals surface area contributed by atoms with Crippen LogP contribution in [0.4, 0.5) is 0 Å². The molecule has 28 heteroatoms. The predicted molar refractivity (Wildman–Crippen MR) is 342 cm³/mol. The average molecular weight is 1420 g/mol. The van der Waals surface area contributed by atoms with Crippen molar-refractivity contribution in [1.29, 1.82) is 0 Å². The first-order valence-electron chi connectivity index (χ1n) is 38.5. The van der Waals surface area contributed by atoms with Gasteiger partial charge in [-0.3, -0.25) is 0 Å². The van der Waals surface area contributed by atoms with E-state index in [9.17, 15) is 0 Å². The van der Waals surface area contributed by atoms with Crippen molar-refractivity contribution >= 4 is 70.4 Å². The van der Waals surface area contributed by atoms with E-state index in [4.69, 9.17) is 87.3 Å². The van der Waals surface area contributed by atoms with Crippen molar-refractivity contribution in [1.82, 2.24) is 0 Å². The molecule has 0 amide bonds. The van der Waals surface area contributed by atoms with E-state index in [-0.39, 0.29) is 0 Å². The van der Waals surface area contributed by atoms with Gasteiger partial charge in [-0.1, -0.05) is 0 Å². The van der Waals surface area contributed by atoms with Crippen molar-refractivity contribution in [2.45, 2.75) is 351 Å². The summed E-state index contributed by atoms with van der Waals surface area (Å²) in [5.74, 6) is 3.32. The third kappa shape index (κ3) is 12.7. The molecule has 0 N–H and O–H groups in total. The maximum atomic E-state index is 8.73. The van der Waals surface area contributed by atoms with Gasteiger partial charge in [-0.15, -0.1) is 0 Å². The van der Waals surface area contributed by atoms with Crippen molar-refractivity contribution in [3.05, 3.63) is 0 Å². The fourth-order valence-electron chi connectivity index (χ4n) is 21.6. The summed E-state index contributed by atoms with van der Waals surface area (Å²) in [7, 11) is -33.6. The normalized spacial score (nSPS) is 58.4. The SMILES string of the molecule is C1CC2OC2CC1CC[Si]12O[Si]3(CCC4CCC5OC5C4)O[Si]4(CCC5CCC6OC6C5)O[Si](CCC5CCC6OC6C5)(O1)O[Si]1(CCC5CCC6OC6C5)O[Si](CCC5CCC6OC6C5)(O2)O[Si](CCC2CCC5OC5C2)(O3)O[Si](CCC2CCC3OC3C2)(O4)O1. The van der Waals surface area contributed by atoms with E-state index in [2.05, 4.69) is 0 Å². The molecule has 8 bridgehead atoms. The minimum atomic E-state index is -4.20. The number of epoxide rings is 8.